The minimum absolute atomic E-state index is 0.667. The van der Waals surface area contributed by atoms with Crippen molar-refractivity contribution in [2.45, 2.75) is 6.54 Å². The summed E-state index contributed by atoms with van der Waals surface area (Å²) in [6.45, 7) is 0.667. The summed E-state index contributed by atoms with van der Waals surface area (Å²) in [5, 5.41) is 4.01. The number of anilines is 1. The lowest BCUT2D eigenvalue weighted by Crippen LogP contribution is -2.01. The topological polar surface area (TPSA) is 21.3 Å². The van der Waals surface area contributed by atoms with E-state index < -0.39 is 0 Å². The fraction of sp³-hybridized carbons (Fsp3) is 0.143. The Morgan fingerprint density at radius 2 is 1.95 bits per heavy atom. The number of hydrogen-bond donors (Lipinski definition) is 1. The van der Waals surface area contributed by atoms with Gasteiger partial charge in [-0.3, -0.25) is 0 Å². The highest BCUT2D eigenvalue weighted by Crippen LogP contribution is 2.27. The quantitative estimate of drug-likeness (QED) is 0.727. The summed E-state index contributed by atoms with van der Waals surface area (Å²) in [6.07, 6.45) is 0. The Balaban J connectivity index is 2.13. The van der Waals surface area contributed by atoms with Crippen LogP contribution >= 0.6 is 43.5 Å². The molecule has 0 radical (unpaired) electrons. The molecule has 0 aromatic heterocycles. The van der Waals surface area contributed by atoms with Gasteiger partial charge in [0.15, 0.2) is 0 Å². The highest BCUT2D eigenvalue weighted by molar-refractivity contribution is 9.10. The predicted molar refractivity (Wildman–Crippen MR) is 87.2 cm³/mol. The van der Waals surface area contributed by atoms with E-state index in [0.717, 1.165) is 25.9 Å². The molecule has 0 saturated heterocycles. The van der Waals surface area contributed by atoms with E-state index in [2.05, 4.69) is 37.2 Å². The minimum atomic E-state index is 0.667. The fourth-order valence-electron chi connectivity index (χ4n) is 1.69. The Labute approximate surface area is 134 Å². The smallest absolute Gasteiger partial charge is 0.123 e. The summed E-state index contributed by atoms with van der Waals surface area (Å²) in [4.78, 5) is 0. The number of nitrogens with one attached hydrogen (secondary N) is 1. The van der Waals surface area contributed by atoms with E-state index in [1.165, 1.54) is 0 Å². The second-order valence-electron chi connectivity index (χ2n) is 3.94. The maximum atomic E-state index is 6.06. The summed E-state index contributed by atoms with van der Waals surface area (Å²) < 4.78 is 7.25. The Hall–Kier alpha value is -0.710. The SMILES string of the molecule is COc1ccc(Br)cc1CNc1ccc(Br)c(Cl)c1. The first-order chi connectivity index (χ1) is 9.10. The van der Waals surface area contributed by atoms with Gasteiger partial charge in [0.25, 0.3) is 0 Å². The monoisotopic (exact) mass is 403 g/mol. The van der Waals surface area contributed by atoms with Crippen molar-refractivity contribution in [3.05, 3.63) is 55.9 Å². The molecule has 100 valence electrons. The first-order valence-corrected chi connectivity index (χ1v) is 7.58. The second-order valence-corrected chi connectivity index (χ2v) is 6.12. The summed E-state index contributed by atoms with van der Waals surface area (Å²) in [6, 6.07) is 11.7. The first kappa shape index (κ1) is 14.7. The molecule has 5 heteroatoms. The molecular weight excluding hydrogens is 393 g/mol. The van der Waals surface area contributed by atoms with Gasteiger partial charge in [0.05, 0.1) is 12.1 Å². The van der Waals surface area contributed by atoms with Crippen LogP contribution in [-0.2, 0) is 6.54 Å². The van der Waals surface area contributed by atoms with Crippen LogP contribution in [0, 0.1) is 0 Å². The Kier molecular flexibility index (Phi) is 5.13. The van der Waals surface area contributed by atoms with Crippen molar-refractivity contribution < 1.29 is 4.74 Å². The maximum Gasteiger partial charge on any atom is 0.123 e. The van der Waals surface area contributed by atoms with Crippen molar-refractivity contribution in [1.82, 2.24) is 0 Å². The van der Waals surface area contributed by atoms with Crippen molar-refractivity contribution >= 4 is 49.1 Å². The van der Waals surface area contributed by atoms with Crippen LogP contribution in [0.4, 0.5) is 5.69 Å². The Morgan fingerprint density at radius 1 is 1.16 bits per heavy atom. The third-order valence-electron chi connectivity index (χ3n) is 2.65. The molecule has 0 aliphatic carbocycles. The van der Waals surface area contributed by atoms with Gasteiger partial charge in [-0.25, -0.2) is 0 Å². The van der Waals surface area contributed by atoms with Gasteiger partial charge in [-0.1, -0.05) is 27.5 Å². The predicted octanol–water partition coefficient (Wildman–Crippen LogP) is 5.49. The van der Waals surface area contributed by atoms with Gasteiger partial charge in [-0.2, -0.15) is 0 Å². The van der Waals surface area contributed by atoms with E-state index in [1.807, 2.05) is 36.4 Å². The van der Waals surface area contributed by atoms with E-state index in [4.69, 9.17) is 16.3 Å². The van der Waals surface area contributed by atoms with E-state index in [1.54, 1.807) is 7.11 Å². The van der Waals surface area contributed by atoms with Crippen molar-refractivity contribution in [2.75, 3.05) is 12.4 Å². The van der Waals surface area contributed by atoms with Gasteiger partial charge in [-0.15, -0.1) is 0 Å². The molecule has 19 heavy (non-hydrogen) atoms. The standard InChI is InChI=1S/C14H12Br2ClNO/c1-19-14-5-2-10(15)6-9(14)8-18-11-3-4-12(16)13(17)7-11/h2-7,18H,8H2,1H3. The lowest BCUT2D eigenvalue weighted by molar-refractivity contribution is 0.410. The molecule has 0 saturated carbocycles. The van der Waals surface area contributed by atoms with Crippen LogP contribution in [0.15, 0.2) is 45.3 Å². The van der Waals surface area contributed by atoms with Gasteiger partial charge < -0.3 is 10.1 Å². The van der Waals surface area contributed by atoms with Crippen LogP contribution in [0.2, 0.25) is 5.02 Å². The van der Waals surface area contributed by atoms with Crippen molar-refractivity contribution in [2.24, 2.45) is 0 Å². The highest BCUT2D eigenvalue weighted by Gasteiger charge is 2.04. The van der Waals surface area contributed by atoms with Crippen molar-refractivity contribution in [1.29, 1.82) is 0 Å². The summed E-state index contributed by atoms with van der Waals surface area (Å²) >= 11 is 12.9. The molecule has 2 aromatic carbocycles. The second kappa shape index (κ2) is 6.64. The molecule has 0 spiro atoms. The number of benzene rings is 2. The van der Waals surface area contributed by atoms with Gasteiger partial charge in [0, 0.05) is 26.7 Å². The zero-order valence-corrected chi connectivity index (χ0v) is 14.1. The third-order valence-corrected chi connectivity index (χ3v) is 4.37. The fourth-order valence-corrected chi connectivity index (χ4v) is 2.52. The molecule has 0 aliphatic heterocycles. The molecule has 0 aliphatic rings. The van der Waals surface area contributed by atoms with Crippen molar-refractivity contribution in [3.8, 4) is 5.75 Å². The average molecular weight is 406 g/mol. The molecule has 1 N–H and O–H groups in total. The molecule has 0 atom stereocenters. The first-order valence-electron chi connectivity index (χ1n) is 5.61. The molecule has 0 amide bonds. The van der Waals surface area contributed by atoms with Crippen LogP contribution in [0.5, 0.6) is 5.75 Å². The van der Waals surface area contributed by atoms with Crippen LogP contribution in [0.3, 0.4) is 0 Å². The Bertz CT molecular complexity index is 590. The number of ether oxygens (including phenoxy) is 1. The lowest BCUT2D eigenvalue weighted by Gasteiger charge is -2.11. The van der Waals surface area contributed by atoms with Gasteiger partial charge >= 0.3 is 0 Å². The van der Waals surface area contributed by atoms with Crippen LogP contribution in [-0.4, -0.2) is 7.11 Å². The molecule has 0 bridgehead atoms. The molecule has 0 unspecified atom stereocenters. The highest BCUT2D eigenvalue weighted by atomic mass is 79.9. The number of hydrogen-bond acceptors (Lipinski definition) is 2. The molecule has 2 nitrogen and oxygen atoms in total. The van der Waals surface area contributed by atoms with E-state index in [0.29, 0.717) is 11.6 Å². The summed E-state index contributed by atoms with van der Waals surface area (Å²) in [5.74, 6) is 0.860. The normalized spacial score (nSPS) is 10.3. The number of methoxy groups -OCH3 is 1. The minimum Gasteiger partial charge on any atom is -0.496 e. The zero-order valence-electron chi connectivity index (χ0n) is 10.2. The van der Waals surface area contributed by atoms with Crippen LogP contribution < -0.4 is 10.1 Å². The Morgan fingerprint density at radius 3 is 2.63 bits per heavy atom. The maximum absolute atomic E-state index is 6.06. The third kappa shape index (κ3) is 3.88. The number of halogens is 3. The lowest BCUT2D eigenvalue weighted by atomic mass is 10.2. The van der Waals surface area contributed by atoms with E-state index >= 15 is 0 Å². The molecular formula is C14H12Br2ClNO. The van der Waals surface area contributed by atoms with E-state index in [-0.39, 0.29) is 0 Å². The van der Waals surface area contributed by atoms with Crippen molar-refractivity contribution in [3.63, 3.8) is 0 Å². The van der Waals surface area contributed by atoms with Gasteiger partial charge in [0.2, 0.25) is 0 Å². The zero-order chi connectivity index (χ0) is 13.8. The molecule has 2 rings (SSSR count). The number of rotatable bonds is 4. The summed E-state index contributed by atoms with van der Waals surface area (Å²) in [7, 11) is 1.67. The van der Waals surface area contributed by atoms with Gasteiger partial charge in [0.1, 0.15) is 5.75 Å². The summed E-state index contributed by atoms with van der Waals surface area (Å²) in [5.41, 5.74) is 2.05. The largest absolute Gasteiger partial charge is 0.496 e. The van der Waals surface area contributed by atoms with Crippen LogP contribution in [0.1, 0.15) is 5.56 Å². The van der Waals surface area contributed by atoms with Crippen LogP contribution in [0.25, 0.3) is 0 Å². The van der Waals surface area contributed by atoms with E-state index in [9.17, 15) is 0 Å². The molecule has 2 aromatic rings. The molecule has 0 fully saturated rings. The van der Waals surface area contributed by atoms with Gasteiger partial charge in [-0.05, 0) is 52.3 Å². The molecule has 0 heterocycles. The average Bonchev–Trinajstić information content (AvgIpc) is 2.40.